The van der Waals surface area contributed by atoms with Gasteiger partial charge >= 0.3 is 0 Å². The van der Waals surface area contributed by atoms with E-state index in [4.69, 9.17) is 4.74 Å². The first-order chi connectivity index (χ1) is 22.1. The van der Waals surface area contributed by atoms with Crippen LogP contribution in [0.5, 0.6) is 0 Å². The average molecular weight is 624 g/mol. The normalized spacial score (nSPS) is 18.7. The van der Waals surface area contributed by atoms with Crippen LogP contribution < -0.4 is 5.32 Å². The number of epoxide rings is 1. The molecule has 1 fully saturated rings. The molecule has 0 bridgehead atoms. The number of aliphatic hydroxyl groups is 2. The molecule has 0 aliphatic carbocycles. The highest BCUT2D eigenvalue weighted by atomic mass is 16.6. The highest BCUT2D eigenvalue weighted by Crippen LogP contribution is 2.29. The van der Waals surface area contributed by atoms with Crippen LogP contribution in [-0.2, 0) is 9.53 Å². The average Bonchev–Trinajstić information content (AvgIpc) is 3.80. The second kappa shape index (κ2) is 30.2. The van der Waals surface area contributed by atoms with Crippen LogP contribution >= 0.6 is 0 Å². The molecule has 0 aromatic heterocycles. The van der Waals surface area contributed by atoms with E-state index in [-0.39, 0.29) is 12.5 Å². The topological polar surface area (TPSA) is 82.1 Å². The maximum Gasteiger partial charge on any atom is 0.220 e. The summed E-state index contributed by atoms with van der Waals surface area (Å²) in [6.07, 6.45) is 48.5. The quantitative estimate of drug-likeness (QED) is 0.0440. The van der Waals surface area contributed by atoms with Gasteiger partial charge in [-0.3, -0.25) is 4.79 Å². The van der Waals surface area contributed by atoms with Gasteiger partial charge in [-0.1, -0.05) is 131 Å². The zero-order valence-electron chi connectivity index (χ0n) is 28.5. The van der Waals surface area contributed by atoms with Crippen molar-refractivity contribution < 1.29 is 19.7 Å². The minimum Gasteiger partial charge on any atom is -0.394 e. The molecule has 5 heteroatoms. The van der Waals surface area contributed by atoms with Crippen molar-refractivity contribution in [2.75, 3.05) is 6.61 Å². The Balaban J connectivity index is 2.02. The maximum atomic E-state index is 12.3. The highest BCUT2D eigenvalue weighted by Gasteiger charge is 2.35. The fraction of sp³-hybridized carbons (Fsp3) is 0.625. The van der Waals surface area contributed by atoms with Crippen LogP contribution in [-0.4, -0.2) is 47.1 Å². The third kappa shape index (κ3) is 25.4. The molecular formula is C40H65NO4. The number of allylic oxidation sites excluding steroid dienone is 11. The number of hydrogen-bond acceptors (Lipinski definition) is 4. The third-order valence-electron chi connectivity index (χ3n) is 7.75. The Morgan fingerprint density at radius 1 is 0.667 bits per heavy atom. The van der Waals surface area contributed by atoms with Crippen LogP contribution in [0.4, 0.5) is 0 Å². The van der Waals surface area contributed by atoms with Gasteiger partial charge in [0.25, 0.3) is 0 Å². The van der Waals surface area contributed by atoms with Crippen molar-refractivity contribution >= 4 is 5.91 Å². The first-order valence-electron chi connectivity index (χ1n) is 17.9. The lowest BCUT2D eigenvalue weighted by Crippen LogP contribution is -2.45. The predicted molar refractivity (Wildman–Crippen MR) is 192 cm³/mol. The molecule has 1 saturated heterocycles. The second-order valence-electron chi connectivity index (χ2n) is 11.9. The number of hydrogen-bond donors (Lipinski definition) is 3. The number of nitrogens with one attached hydrogen (secondary N) is 1. The minimum absolute atomic E-state index is 0.157. The van der Waals surface area contributed by atoms with E-state index in [1.165, 1.54) is 51.4 Å². The molecule has 0 spiro atoms. The van der Waals surface area contributed by atoms with Crippen molar-refractivity contribution in [2.45, 2.75) is 154 Å². The molecule has 254 valence electrons. The van der Waals surface area contributed by atoms with Crippen LogP contribution in [0.3, 0.4) is 0 Å². The largest absolute Gasteiger partial charge is 0.394 e. The first-order valence-corrected chi connectivity index (χ1v) is 17.9. The lowest BCUT2D eigenvalue weighted by atomic mass is 10.1. The van der Waals surface area contributed by atoms with Crippen molar-refractivity contribution in [1.29, 1.82) is 0 Å². The molecule has 1 rings (SSSR count). The Hall–Kier alpha value is -2.47. The standard InChI is InChI=1S/C40H65NO4/c1-3-5-7-8-9-10-11-12-15-18-21-24-28-31-37(43)36(35-42)41-40(44)34-30-26-23-20-17-14-13-16-19-22-25-29-33-39-38(45-39)32-27-6-4-2/h6-8,14,16-17,19,23,25-29,31,36-39,42-43H,3-5,9-13,15,18,20-22,24,30,32-35H2,1-2H3,(H,41,44)/b8-7-,17-14-,19-16-,26-23-,27-6-,29-25-,31-28+/t36-,37+,38?,39?/m0/s1. The van der Waals surface area contributed by atoms with Crippen LogP contribution in [0.15, 0.2) is 85.1 Å². The summed E-state index contributed by atoms with van der Waals surface area (Å²) in [6, 6.07) is -0.673. The summed E-state index contributed by atoms with van der Waals surface area (Å²) in [5, 5.41) is 22.8. The van der Waals surface area contributed by atoms with Crippen LogP contribution in [0, 0.1) is 0 Å². The van der Waals surface area contributed by atoms with Crippen molar-refractivity contribution in [2.24, 2.45) is 0 Å². The maximum absolute atomic E-state index is 12.3. The van der Waals surface area contributed by atoms with E-state index in [1.54, 1.807) is 6.08 Å². The molecule has 3 N–H and O–H groups in total. The summed E-state index contributed by atoms with van der Waals surface area (Å²) in [5.74, 6) is -0.157. The molecule has 5 nitrogen and oxygen atoms in total. The van der Waals surface area contributed by atoms with Gasteiger partial charge in [0.2, 0.25) is 5.91 Å². The SMILES string of the molecule is CC/C=C\CC1OC1C/C=C\C/C=C\C/C=C\C/C=C\CCC(=O)N[C@@H](CO)[C@H](O)/C=C/CCCCCCCC/C=C\CCC. The first kappa shape index (κ1) is 40.6. The summed E-state index contributed by atoms with van der Waals surface area (Å²) < 4.78 is 5.67. The van der Waals surface area contributed by atoms with Gasteiger partial charge in [0.1, 0.15) is 0 Å². The smallest absolute Gasteiger partial charge is 0.220 e. The van der Waals surface area contributed by atoms with Gasteiger partial charge in [-0.2, -0.15) is 0 Å². The fourth-order valence-corrected chi connectivity index (χ4v) is 4.89. The monoisotopic (exact) mass is 623 g/mol. The van der Waals surface area contributed by atoms with Gasteiger partial charge in [-0.15, -0.1) is 0 Å². The second-order valence-corrected chi connectivity index (χ2v) is 11.9. The fourth-order valence-electron chi connectivity index (χ4n) is 4.89. The summed E-state index contributed by atoms with van der Waals surface area (Å²) in [5.41, 5.74) is 0. The number of rotatable bonds is 29. The van der Waals surface area contributed by atoms with E-state index in [9.17, 15) is 15.0 Å². The predicted octanol–water partition coefficient (Wildman–Crippen LogP) is 9.55. The Morgan fingerprint density at radius 2 is 1.18 bits per heavy atom. The summed E-state index contributed by atoms with van der Waals surface area (Å²) in [4.78, 5) is 12.3. The molecule has 45 heavy (non-hydrogen) atoms. The summed E-state index contributed by atoms with van der Waals surface area (Å²) >= 11 is 0. The zero-order valence-corrected chi connectivity index (χ0v) is 28.5. The number of amides is 1. The number of ether oxygens (including phenoxy) is 1. The third-order valence-corrected chi connectivity index (χ3v) is 7.75. The molecule has 0 saturated carbocycles. The van der Waals surface area contributed by atoms with Crippen molar-refractivity contribution in [3.8, 4) is 0 Å². The van der Waals surface area contributed by atoms with Gasteiger partial charge in [0.15, 0.2) is 0 Å². The van der Waals surface area contributed by atoms with Gasteiger partial charge < -0.3 is 20.3 Å². The van der Waals surface area contributed by atoms with E-state index in [2.05, 4.69) is 86.0 Å². The molecule has 0 aromatic carbocycles. The van der Waals surface area contributed by atoms with Crippen LogP contribution in [0.1, 0.15) is 129 Å². The molecule has 1 amide bonds. The van der Waals surface area contributed by atoms with E-state index in [0.29, 0.717) is 25.0 Å². The number of aliphatic hydroxyl groups excluding tert-OH is 2. The Kier molecular flexibility index (Phi) is 27.2. The molecule has 1 heterocycles. The number of carbonyl (C=O) groups excluding carboxylic acids is 1. The van der Waals surface area contributed by atoms with Crippen LogP contribution in [0.25, 0.3) is 0 Å². The molecule has 1 aliphatic rings. The van der Waals surface area contributed by atoms with E-state index >= 15 is 0 Å². The summed E-state index contributed by atoms with van der Waals surface area (Å²) in [7, 11) is 0. The lowest BCUT2D eigenvalue weighted by molar-refractivity contribution is -0.122. The van der Waals surface area contributed by atoms with Gasteiger partial charge in [-0.25, -0.2) is 0 Å². The van der Waals surface area contributed by atoms with Crippen LogP contribution in [0.2, 0.25) is 0 Å². The lowest BCUT2D eigenvalue weighted by Gasteiger charge is -2.19. The number of unbranched alkanes of at least 4 members (excludes halogenated alkanes) is 8. The molecule has 0 aromatic rings. The minimum atomic E-state index is -0.881. The van der Waals surface area contributed by atoms with Crippen molar-refractivity contribution in [3.63, 3.8) is 0 Å². The Morgan fingerprint density at radius 3 is 1.78 bits per heavy atom. The van der Waals surface area contributed by atoms with Gasteiger partial charge in [0, 0.05) is 6.42 Å². The molecular weight excluding hydrogens is 558 g/mol. The van der Waals surface area contributed by atoms with E-state index < -0.39 is 12.1 Å². The van der Waals surface area contributed by atoms with Crippen molar-refractivity contribution in [3.05, 3.63) is 85.1 Å². The Labute approximate surface area is 276 Å². The molecule has 2 unspecified atom stereocenters. The molecule has 0 radical (unpaired) electrons. The van der Waals surface area contributed by atoms with Crippen molar-refractivity contribution in [1.82, 2.24) is 5.32 Å². The Bertz CT molecular complexity index is 913. The number of carbonyl (C=O) groups is 1. The highest BCUT2D eigenvalue weighted by molar-refractivity contribution is 5.76. The van der Waals surface area contributed by atoms with E-state index in [1.807, 2.05) is 12.2 Å². The zero-order chi connectivity index (χ0) is 32.6. The molecule has 1 aliphatic heterocycles. The van der Waals surface area contributed by atoms with E-state index in [0.717, 1.165) is 51.4 Å². The molecule has 4 atom stereocenters. The summed E-state index contributed by atoms with van der Waals surface area (Å²) in [6.45, 7) is 4.07. The van der Waals surface area contributed by atoms with Gasteiger partial charge in [-0.05, 0) is 77.0 Å². The van der Waals surface area contributed by atoms with Gasteiger partial charge in [0.05, 0.1) is 31.0 Å².